The van der Waals surface area contributed by atoms with E-state index >= 15 is 0 Å². The Morgan fingerprint density at radius 2 is 0.642 bits per heavy atom. The van der Waals surface area contributed by atoms with Crippen LogP contribution >= 0.6 is 0 Å². The van der Waals surface area contributed by atoms with Crippen molar-refractivity contribution in [2.75, 3.05) is 0 Å². The van der Waals surface area contributed by atoms with Gasteiger partial charge < -0.3 is 19.8 Å². The number of carboxylic acid groups (broad SMARTS) is 2. The van der Waals surface area contributed by atoms with Crippen LogP contribution in [0.2, 0.25) is 0 Å². The fraction of sp³-hybridized carbons (Fsp3) is 0.708. The number of hydrogen-bond donors (Lipinski definition) is 0. The van der Waals surface area contributed by atoms with Crippen molar-refractivity contribution in [1.29, 1.82) is 0 Å². The second kappa shape index (κ2) is 38.4. The van der Waals surface area contributed by atoms with Gasteiger partial charge in [0.1, 0.15) is 0 Å². The molecule has 2 aromatic rings. The van der Waals surface area contributed by atoms with E-state index in [-0.39, 0.29) is 35.9 Å². The zero-order chi connectivity index (χ0) is 37.7. The van der Waals surface area contributed by atoms with E-state index < -0.39 is 11.9 Å². The van der Waals surface area contributed by atoms with Crippen molar-refractivity contribution in [2.45, 2.75) is 218 Å². The van der Waals surface area contributed by atoms with Crippen LogP contribution in [0.25, 0.3) is 0 Å². The maximum Gasteiger partial charge on any atom is 2.00 e. The van der Waals surface area contributed by atoms with E-state index in [4.69, 9.17) is 0 Å². The molecule has 0 heterocycles. The zero-order valence-electron chi connectivity index (χ0n) is 34.5. The van der Waals surface area contributed by atoms with E-state index in [9.17, 15) is 19.8 Å². The summed E-state index contributed by atoms with van der Waals surface area (Å²) in [4.78, 5) is 21.3. The first-order valence-corrected chi connectivity index (χ1v) is 22.0. The molecule has 4 nitrogen and oxygen atoms in total. The van der Waals surface area contributed by atoms with Crippen LogP contribution in [0.4, 0.5) is 0 Å². The average molecular weight is 743 g/mol. The average Bonchev–Trinajstić information content (AvgIpc) is 3.15. The molecule has 2 aromatic carbocycles. The molecule has 296 valence electrons. The van der Waals surface area contributed by atoms with Gasteiger partial charge in [0.15, 0.2) is 0 Å². The van der Waals surface area contributed by atoms with E-state index in [0.29, 0.717) is 11.8 Å². The van der Waals surface area contributed by atoms with Crippen molar-refractivity contribution in [3.8, 4) is 0 Å². The van der Waals surface area contributed by atoms with Gasteiger partial charge >= 0.3 is 23.1 Å². The van der Waals surface area contributed by atoms with Crippen LogP contribution in [-0.2, 0) is 9.59 Å². The third kappa shape index (κ3) is 32.1. The summed E-state index contributed by atoms with van der Waals surface area (Å²) in [6.45, 7) is 4.54. The molecule has 0 aliphatic heterocycles. The van der Waals surface area contributed by atoms with Gasteiger partial charge in [-0.05, 0) is 74.3 Å². The third-order valence-corrected chi connectivity index (χ3v) is 10.7. The summed E-state index contributed by atoms with van der Waals surface area (Å²) in [5.74, 6) is -0.860. The summed E-state index contributed by atoms with van der Waals surface area (Å²) in [6.07, 6.45) is 36.1. The van der Waals surface area contributed by atoms with E-state index in [2.05, 4.69) is 62.4 Å². The summed E-state index contributed by atoms with van der Waals surface area (Å²) in [7, 11) is 0. The first kappa shape index (κ1) is 51.1. The fourth-order valence-corrected chi connectivity index (χ4v) is 7.50. The Hall–Kier alpha value is -1.85. The van der Waals surface area contributed by atoms with Gasteiger partial charge in [-0.15, -0.1) is 0 Å². The minimum atomic E-state index is -0.925. The summed E-state index contributed by atoms with van der Waals surface area (Å²) < 4.78 is 0. The standard InChI is InChI=1S/2C24H40O2.Mg/c2*1-2-3-4-5-6-7-8-9-10-11-13-17-23(20-16-21-24(25)26)22-18-14-12-15-19-22;/h2*12,14-15,18-19,23H,2-11,13,16-17,20-21H2,1H3,(H,25,26);/q;;+2/p-2. The Bertz CT molecular complexity index is 974. The second-order valence-electron chi connectivity index (χ2n) is 15.4. The van der Waals surface area contributed by atoms with Crippen molar-refractivity contribution in [1.82, 2.24) is 0 Å². The largest absolute Gasteiger partial charge is 2.00 e. The molecule has 5 heteroatoms. The predicted molar refractivity (Wildman–Crippen MR) is 224 cm³/mol. The molecular weight excluding hydrogens is 665 g/mol. The molecular formula is C48H78MgO4. The van der Waals surface area contributed by atoms with E-state index in [0.717, 1.165) is 25.7 Å². The van der Waals surface area contributed by atoms with Crippen LogP contribution in [0.15, 0.2) is 60.7 Å². The number of carboxylic acids is 2. The third-order valence-electron chi connectivity index (χ3n) is 10.7. The maximum atomic E-state index is 10.7. The van der Waals surface area contributed by atoms with Crippen LogP contribution in [0.5, 0.6) is 0 Å². The molecule has 2 rings (SSSR count). The molecule has 2 unspecified atom stereocenters. The molecule has 0 saturated carbocycles. The molecule has 0 aliphatic carbocycles. The van der Waals surface area contributed by atoms with Crippen LogP contribution in [0.1, 0.15) is 229 Å². The van der Waals surface area contributed by atoms with Gasteiger partial charge in [0.25, 0.3) is 0 Å². The Kier molecular flexibility index (Phi) is 37.1. The van der Waals surface area contributed by atoms with Crippen LogP contribution in [-0.4, -0.2) is 35.0 Å². The summed E-state index contributed by atoms with van der Waals surface area (Å²) >= 11 is 0. The quantitative estimate of drug-likeness (QED) is 0.0528. The molecule has 0 bridgehead atoms. The van der Waals surface area contributed by atoms with E-state index in [1.165, 1.54) is 165 Å². The monoisotopic (exact) mass is 743 g/mol. The number of carbonyl (C=O) groups is 2. The summed E-state index contributed by atoms with van der Waals surface area (Å²) in [5.41, 5.74) is 2.72. The van der Waals surface area contributed by atoms with Gasteiger partial charge in [0.05, 0.1) is 0 Å². The first-order chi connectivity index (χ1) is 25.5. The minimum Gasteiger partial charge on any atom is -0.550 e. The smallest absolute Gasteiger partial charge is 0.550 e. The van der Waals surface area contributed by atoms with Gasteiger partial charge in [-0.3, -0.25) is 0 Å². The molecule has 0 amide bonds. The Labute approximate surface area is 343 Å². The molecule has 2 atom stereocenters. The number of carbonyl (C=O) groups excluding carboxylic acids is 2. The molecule has 0 saturated heterocycles. The predicted octanol–water partition coefficient (Wildman–Crippen LogP) is 12.4. The second-order valence-corrected chi connectivity index (χ2v) is 15.4. The SMILES string of the molecule is CCCCCCCCCCCCCC(CCCC(=O)[O-])c1ccccc1.CCCCCCCCCCCCCC(CCCC(=O)[O-])c1ccccc1.[Mg+2]. The van der Waals surface area contributed by atoms with Gasteiger partial charge in [-0.2, -0.15) is 0 Å². The van der Waals surface area contributed by atoms with E-state index in [1.54, 1.807) is 0 Å². The van der Waals surface area contributed by atoms with Crippen LogP contribution in [0, 0.1) is 0 Å². The first-order valence-electron chi connectivity index (χ1n) is 22.0. The van der Waals surface area contributed by atoms with Gasteiger partial charge in [0.2, 0.25) is 0 Å². The van der Waals surface area contributed by atoms with Crippen molar-refractivity contribution in [2.24, 2.45) is 0 Å². The minimum absolute atomic E-state index is 0. The van der Waals surface area contributed by atoms with Crippen molar-refractivity contribution >= 4 is 35.0 Å². The normalized spacial score (nSPS) is 12.0. The number of hydrogen-bond acceptors (Lipinski definition) is 4. The number of aliphatic carboxylic acids is 2. The van der Waals surface area contributed by atoms with Crippen molar-refractivity contribution < 1.29 is 19.8 Å². The Balaban J connectivity index is 0.00000100. The molecule has 0 radical (unpaired) electrons. The molecule has 0 N–H and O–H groups in total. The van der Waals surface area contributed by atoms with Gasteiger partial charge in [-0.1, -0.05) is 216 Å². The fourth-order valence-electron chi connectivity index (χ4n) is 7.50. The van der Waals surface area contributed by atoms with Crippen LogP contribution < -0.4 is 10.2 Å². The summed E-state index contributed by atoms with van der Waals surface area (Å²) in [5, 5.41) is 21.3. The number of rotatable bonds is 34. The van der Waals surface area contributed by atoms with Crippen molar-refractivity contribution in [3.63, 3.8) is 0 Å². The van der Waals surface area contributed by atoms with Gasteiger partial charge in [0, 0.05) is 11.9 Å². The molecule has 0 fully saturated rings. The van der Waals surface area contributed by atoms with Gasteiger partial charge in [-0.25, -0.2) is 0 Å². The molecule has 53 heavy (non-hydrogen) atoms. The molecule has 0 spiro atoms. The molecule has 0 aromatic heterocycles. The summed E-state index contributed by atoms with van der Waals surface area (Å²) in [6, 6.07) is 21.2. The number of unbranched alkanes of at least 4 members (excludes halogenated alkanes) is 20. The van der Waals surface area contributed by atoms with E-state index in [1.807, 2.05) is 12.1 Å². The van der Waals surface area contributed by atoms with Crippen LogP contribution in [0.3, 0.4) is 0 Å². The molecule has 0 aliphatic rings. The maximum absolute atomic E-state index is 10.7. The zero-order valence-corrected chi connectivity index (χ0v) is 35.9. The topological polar surface area (TPSA) is 80.3 Å². The Morgan fingerprint density at radius 3 is 0.906 bits per heavy atom. The van der Waals surface area contributed by atoms with Crippen molar-refractivity contribution in [3.05, 3.63) is 71.8 Å². The Morgan fingerprint density at radius 1 is 0.396 bits per heavy atom. The number of benzene rings is 2.